The van der Waals surface area contributed by atoms with E-state index >= 15 is 0 Å². The topological polar surface area (TPSA) is 112 Å². The average molecular weight is 293 g/mol. The smallest absolute Gasteiger partial charge is 0.190 e. The summed E-state index contributed by atoms with van der Waals surface area (Å²) in [5, 5.41) is 23.4. The first-order valence-electron chi connectivity index (χ1n) is 6.33. The van der Waals surface area contributed by atoms with Gasteiger partial charge in [0.1, 0.15) is 5.22 Å². The van der Waals surface area contributed by atoms with Crippen LogP contribution in [-0.4, -0.2) is 0 Å². The zero-order valence-electron chi connectivity index (χ0n) is 11.6. The van der Waals surface area contributed by atoms with Crippen LogP contribution in [0.1, 0.15) is 11.1 Å². The fourth-order valence-corrected chi connectivity index (χ4v) is 1.63. The molecule has 0 aromatic heterocycles. The van der Waals surface area contributed by atoms with Crippen molar-refractivity contribution in [2.24, 2.45) is 36.5 Å². The molecule has 0 bridgehead atoms. The molecule has 108 valence electrons. The molecule has 0 saturated carbocycles. The van der Waals surface area contributed by atoms with E-state index < -0.39 is 0 Å². The van der Waals surface area contributed by atoms with Gasteiger partial charge in [-0.3, -0.25) is 0 Å². The van der Waals surface area contributed by atoms with E-state index in [1.807, 2.05) is 66.7 Å². The Balaban J connectivity index is 2.25. The predicted molar refractivity (Wildman–Crippen MR) is 79.7 cm³/mol. The van der Waals surface area contributed by atoms with E-state index in [0.717, 1.165) is 11.1 Å². The van der Waals surface area contributed by atoms with Crippen LogP contribution in [0, 0.1) is 0 Å². The van der Waals surface area contributed by atoms with Crippen LogP contribution in [0.15, 0.2) is 97.1 Å². The standard InChI is InChI=1S/C14H12N8/c15-17-19-21-22-20-18-16-14(13-9-5-2-6-10-13)11-12-7-3-1-4-8-12/h1-11,15H/p+1. The summed E-state index contributed by atoms with van der Waals surface area (Å²) in [6, 6.07) is 19.4. The second kappa shape index (κ2) is 8.69. The SMILES string of the molecule is [NH2+]=NN=NN=NN=NC(=Cc1ccccc1)c1ccccc1. The third kappa shape index (κ3) is 4.93. The Morgan fingerprint density at radius 3 is 2.00 bits per heavy atom. The van der Waals surface area contributed by atoms with Gasteiger partial charge in [-0.25, -0.2) is 0 Å². The van der Waals surface area contributed by atoms with Crippen LogP contribution in [-0.2, 0) is 0 Å². The van der Waals surface area contributed by atoms with Crippen molar-refractivity contribution < 1.29 is 5.53 Å². The molecule has 0 aliphatic rings. The Bertz CT molecular complexity index is 704. The zero-order chi connectivity index (χ0) is 15.5. The number of benzene rings is 2. The molecule has 8 nitrogen and oxygen atoms in total. The van der Waals surface area contributed by atoms with E-state index in [-0.39, 0.29) is 0 Å². The maximum absolute atomic E-state index is 4.75. The monoisotopic (exact) mass is 293 g/mol. The van der Waals surface area contributed by atoms with Crippen molar-refractivity contribution in [3.05, 3.63) is 71.8 Å². The van der Waals surface area contributed by atoms with E-state index in [1.165, 1.54) is 0 Å². The highest BCUT2D eigenvalue weighted by molar-refractivity contribution is 5.80. The minimum absolute atomic E-state index is 0.645. The summed E-state index contributed by atoms with van der Waals surface area (Å²) in [5.41, 5.74) is 7.30. The number of nitrogens with two attached hydrogens (primary N) is 1. The van der Waals surface area contributed by atoms with Crippen molar-refractivity contribution in [3.8, 4) is 0 Å². The Morgan fingerprint density at radius 2 is 1.32 bits per heavy atom. The third-order valence-electron chi connectivity index (χ3n) is 2.54. The Kier molecular flexibility index (Phi) is 5.92. The van der Waals surface area contributed by atoms with Crippen LogP contribution in [0.5, 0.6) is 0 Å². The first kappa shape index (κ1) is 15.0. The van der Waals surface area contributed by atoms with E-state index in [9.17, 15) is 0 Å². The molecule has 0 aliphatic carbocycles. The summed E-state index contributed by atoms with van der Waals surface area (Å²) in [5.74, 6) is 0. The number of hydrogen-bond acceptors (Lipinski definition) is 1. The molecule has 22 heavy (non-hydrogen) atoms. The molecule has 2 aromatic rings. The van der Waals surface area contributed by atoms with Gasteiger partial charge in [-0.05, 0) is 16.9 Å². The maximum Gasteiger partial charge on any atom is 0.225 e. The summed E-state index contributed by atoms with van der Waals surface area (Å²) in [7, 11) is 0. The number of nitrogens with zero attached hydrogens (tertiary/aromatic N) is 7. The maximum atomic E-state index is 4.75. The van der Waals surface area contributed by atoms with Crippen LogP contribution in [0.4, 0.5) is 0 Å². The molecule has 0 radical (unpaired) electrons. The lowest BCUT2D eigenvalue weighted by molar-refractivity contribution is -0.223. The lowest BCUT2D eigenvalue weighted by Crippen LogP contribution is -2.21. The van der Waals surface area contributed by atoms with Crippen molar-refractivity contribution in [2.45, 2.75) is 0 Å². The fourth-order valence-electron chi connectivity index (χ4n) is 1.63. The van der Waals surface area contributed by atoms with E-state index in [2.05, 4.69) is 36.5 Å². The van der Waals surface area contributed by atoms with E-state index in [4.69, 9.17) is 5.53 Å². The molecule has 0 heterocycles. The van der Waals surface area contributed by atoms with E-state index in [0.29, 0.717) is 5.70 Å². The molecule has 2 N–H and O–H groups in total. The van der Waals surface area contributed by atoms with Crippen LogP contribution < -0.4 is 5.53 Å². The molecule has 0 saturated heterocycles. The normalized spacial score (nSPS) is 12.5. The predicted octanol–water partition coefficient (Wildman–Crippen LogP) is 3.50. The summed E-state index contributed by atoms with van der Waals surface area (Å²) in [6.45, 7) is 0. The summed E-state index contributed by atoms with van der Waals surface area (Å²) in [4.78, 5) is 0. The van der Waals surface area contributed by atoms with Gasteiger partial charge in [0.25, 0.3) is 0 Å². The van der Waals surface area contributed by atoms with Gasteiger partial charge in [-0.2, -0.15) is 5.53 Å². The summed E-state index contributed by atoms with van der Waals surface area (Å²) in [6.07, 6.45) is 1.89. The van der Waals surface area contributed by atoms with Crippen molar-refractivity contribution in [3.63, 3.8) is 0 Å². The minimum atomic E-state index is 0.645. The van der Waals surface area contributed by atoms with Gasteiger partial charge in [0.05, 0.1) is 5.70 Å². The van der Waals surface area contributed by atoms with E-state index in [1.54, 1.807) is 0 Å². The van der Waals surface area contributed by atoms with Crippen molar-refractivity contribution in [1.29, 1.82) is 0 Å². The Hall–Kier alpha value is -3.42. The first-order chi connectivity index (χ1) is 10.9. The van der Waals surface area contributed by atoms with Gasteiger partial charge in [-0.15, -0.1) is 5.11 Å². The zero-order valence-corrected chi connectivity index (χ0v) is 11.6. The van der Waals surface area contributed by atoms with Gasteiger partial charge in [0.15, 0.2) is 5.22 Å². The highest BCUT2D eigenvalue weighted by atomic mass is 15.6. The molecule has 0 amide bonds. The molecule has 0 aliphatic heterocycles. The molecule has 0 unspecified atom stereocenters. The van der Waals surface area contributed by atoms with Crippen LogP contribution >= 0.6 is 0 Å². The molecule has 0 atom stereocenters. The summed E-state index contributed by atoms with van der Waals surface area (Å²) >= 11 is 0. The second-order valence-electron chi connectivity index (χ2n) is 3.97. The highest BCUT2D eigenvalue weighted by Gasteiger charge is 2.00. The molecular formula is C14H13N8+. The molecular weight excluding hydrogens is 280 g/mol. The van der Waals surface area contributed by atoms with Gasteiger partial charge in [0.2, 0.25) is 5.22 Å². The van der Waals surface area contributed by atoms with Crippen molar-refractivity contribution in [1.82, 2.24) is 0 Å². The average Bonchev–Trinajstić information content (AvgIpc) is 2.58. The highest BCUT2D eigenvalue weighted by Crippen LogP contribution is 2.19. The quantitative estimate of drug-likeness (QED) is 0.477. The van der Waals surface area contributed by atoms with Crippen LogP contribution in [0.3, 0.4) is 0 Å². The molecule has 2 aromatic carbocycles. The minimum Gasteiger partial charge on any atom is -0.190 e. The summed E-state index contributed by atoms with van der Waals surface area (Å²) < 4.78 is 0. The number of rotatable bonds is 6. The van der Waals surface area contributed by atoms with Gasteiger partial charge in [-0.1, -0.05) is 60.7 Å². The van der Waals surface area contributed by atoms with Gasteiger partial charge >= 0.3 is 0 Å². The molecule has 0 spiro atoms. The fraction of sp³-hybridized carbons (Fsp3) is 0. The van der Waals surface area contributed by atoms with Crippen LogP contribution in [0.25, 0.3) is 11.8 Å². The second-order valence-corrected chi connectivity index (χ2v) is 3.97. The molecule has 8 heteroatoms. The Labute approximate surface area is 126 Å². The first-order valence-corrected chi connectivity index (χ1v) is 6.33. The van der Waals surface area contributed by atoms with Crippen molar-refractivity contribution >= 4 is 11.8 Å². The van der Waals surface area contributed by atoms with Gasteiger partial charge in [0, 0.05) is 16.0 Å². The van der Waals surface area contributed by atoms with Crippen molar-refractivity contribution in [2.75, 3.05) is 0 Å². The lowest BCUT2D eigenvalue weighted by Gasteiger charge is -2.00. The lowest BCUT2D eigenvalue weighted by atomic mass is 10.1. The van der Waals surface area contributed by atoms with Gasteiger partial charge < -0.3 is 0 Å². The number of hydrogen-bond donors (Lipinski definition) is 1. The largest absolute Gasteiger partial charge is 0.225 e. The molecule has 2 rings (SSSR count). The third-order valence-corrected chi connectivity index (χ3v) is 2.54. The Morgan fingerprint density at radius 1 is 0.727 bits per heavy atom. The van der Waals surface area contributed by atoms with Crippen LogP contribution in [0.2, 0.25) is 0 Å². The molecule has 0 fully saturated rings.